The summed E-state index contributed by atoms with van der Waals surface area (Å²) < 4.78 is 13.7. The van der Waals surface area contributed by atoms with Crippen LogP contribution in [0.15, 0.2) is 18.2 Å². The van der Waals surface area contributed by atoms with Crippen molar-refractivity contribution in [2.75, 3.05) is 42.5 Å². The van der Waals surface area contributed by atoms with Crippen molar-refractivity contribution in [2.24, 2.45) is 5.41 Å². The van der Waals surface area contributed by atoms with E-state index in [0.29, 0.717) is 11.5 Å². The molecule has 0 amide bonds. The number of hydrogen-bond donors (Lipinski definition) is 1. The number of nitrogens with zero attached hydrogens (tertiary/aromatic N) is 2. The van der Waals surface area contributed by atoms with Gasteiger partial charge in [0.1, 0.15) is 5.82 Å². The Kier molecular flexibility index (Phi) is 3.10. The van der Waals surface area contributed by atoms with Gasteiger partial charge in [0.25, 0.3) is 0 Å². The lowest BCUT2D eigenvalue weighted by Crippen LogP contribution is -2.46. The quantitative estimate of drug-likeness (QED) is 0.923. The zero-order valence-corrected chi connectivity index (χ0v) is 12.7. The molecule has 0 spiro atoms. The number of rotatable bonds is 3. The molecule has 2 heterocycles. The fourth-order valence-corrected chi connectivity index (χ4v) is 3.86. The number of halogens is 1. The third kappa shape index (κ3) is 2.50. The number of anilines is 2. The van der Waals surface area contributed by atoms with Gasteiger partial charge in [0.05, 0.1) is 11.4 Å². The molecule has 3 nitrogen and oxygen atoms in total. The van der Waals surface area contributed by atoms with Gasteiger partial charge < -0.3 is 15.1 Å². The summed E-state index contributed by atoms with van der Waals surface area (Å²) in [6.45, 7) is 7.73. The van der Waals surface area contributed by atoms with Crippen molar-refractivity contribution in [1.82, 2.24) is 5.32 Å². The van der Waals surface area contributed by atoms with Crippen LogP contribution in [0.5, 0.6) is 0 Å². The van der Waals surface area contributed by atoms with Crippen LogP contribution >= 0.6 is 0 Å². The average molecular weight is 289 g/mol. The molecular weight excluding hydrogens is 265 g/mol. The highest BCUT2D eigenvalue weighted by Crippen LogP contribution is 2.41. The highest BCUT2D eigenvalue weighted by atomic mass is 19.1. The van der Waals surface area contributed by atoms with Crippen LogP contribution in [0.3, 0.4) is 0 Å². The summed E-state index contributed by atoms with van der Waals surface area (Å²) in [5, 5.41) is 3.48. The molecule has 4 heteroatoms. The largest absolute Gasteiger partial charge is 0.367 e. The Hall–Kier alpha value is -1.29. The van der Waals surface area contributed by atoms with Crippen LogP contribution in [0.2, 0.25) is 0 Å². The number of nitrogens with one attached hydrogen (secondary N) is 1. The second-order valence-electron chi connectivity index (χ2n) is 7.22. The Morgan fingerprint density at radius 1 is 1.29 bits per heavy atom. The first-order valence-electron chi connectivity index (χ1n) is 8.17. The van der Waals surface area contributed by atoms with E-state index in [1.165, 1.54) is 24.9 Å². The van der Waals surface area contributed by atoms with Gasteiger partial charge in [0.15, 0.2) is 0 Å². The maximum absolute atomic E-state index is 13.7. The number of hydrogen-bond acceptors (Lipinski definition) is 3. The highest BCUT2D eigenvalue weighted by molar-refractivity contribution is 5.74. The fraction of sp³-hybridized carbons (Fsp3) is 0.647. The molecule has 1 N–H and O–H groups in total. The predicted octanol–water partition coefficient (Wildman–Crippen LogP) is 2.61. The lowest BCUT2D eigenvalue weighted by Gasteiger charge is -2.42. The highest BCUT2D eigenvalue weighted by Gasteiger charge is 2.37. The van der Waals surface area contributed by atoms with Crippen LogP contribution in [-0.2, 0) is 0 Å². The molecule has 0 radical (unpaired) electrons. The van der Waals surface area contributed by atoms with Crippen molar-refractivity contribution in [1.29, 1.82) is 0 Å². The molecule has 1 aromatic rings. The topological polar surface area (TPSA) is 18.5 Å². The third-order valence-corrected chi connectivity index (χ3v) is 5.22. The van der Waals surface area contributed by atoms with Gasteiger partial charge in [-0.2, -0.15) is 0 Å². The number of fused-ring (bicyclic) bond motifs is 1. The molecular formula is C17H24FN3. The van der Waals surface area contributed by atoms with E-state index in [1.54, 1.807) is 12.1 Å². The molecule has 1 aromatic carbocycles. The Morgan fingerprint density at radius 2 is 2.14 bits per heavy atom. The van der Waals surface area contributed by atoms with E-state index in [9.17, 15) is 4.39 Å². The van der Waals surface area contributed by atoms with E-state index in [1.807, 2.05) is 6.07 Å². The molecule has 1 saturated heterocycles. The van der Waals surface area contributed by atoms with Crippen molar-refractivity contribution in [2.45, 2.75) is 32.2 Å². The summed E-state index contributed by atoms with van der Waals surface area (Å²) in [4.78, 5) is 4.89. The van der Waals surface area contributed by atoms with Crippen molar-refractivity contribution < 1.29 is 4.39 Å². The molecule has 4 rings (SSSR count). The van der Waals surface area contributed by atoms with E-state index < -0.39 is 0 Å². The second-order valence-corrected chi connectivity index (χ2v) is 7.22. The average Bonchev–Trinajstić information content (AvgIpc) is 3.21. The summed E-state index contributed by atoms with van der Waals surface area (Å²) in [5.41, 5.74) is 2.67. The van der Waals surface area contributed by atoms with Gasteiger partial charge in [-0.25, -0.2) is 4.39 Å². The van der Waals surface area contributed by atoms with Crippen LogP contribution in [-0.4, -0.2) is 38.8 Å². The van der Waals surface area contributed by atoms with Crippen molar-refractivity contribution in [3.8, 4) is 0 Å². The minimum Gasteiger partial charge on any atom is -0.367 e. The van der Waals surface area contributed by atoms with Gasteiger partial charge in [-0.15, -0.1) is 0 Å². The predicted molar refractivity (Wildman–Crippen MR) is 84.6 cm³/mol. The standard InChI is InChI=1S/C17H24FN3/c1-17(6-7-19-11-17)12-20-8-9-21(14-3-4-14)16-10-13(18)2-5-15(16)20/h2,5,10,14,19H,3-4,6-9,11-12H2,1H3. The minimum absolute atomic E-state index is 0.116. The smallest absolute Gasteiger partial charge is 0.125 e. The van der Waals surface area contributed by atoms with E-state index in [4.69, 9.17) is 0 Å². The van der Waals surface area contributed by atoms with Gasteiger partial charge in [0, 0.05) is 32.2 Å². The molecule has 1 atom stereocenters. The number of benzene rings is 1. The third-order valence-electron chi connectivity index (χ3n) is 5.22. The van der Waals surface area contributed by atoms with Gasteiger partial charge in [-0.05, 0) is 49.4 Å². The summed E-state index contributed by atoms with van der Waals surface area (Å²) in [5.74, 6) is -0.116. The van der Waals surface area contributed by atoms with Crippen LogP contribution in [0.25, 0.3) is 0 Å². The molecule has 3 aliphatic rings. The van der Waals surface area contributed by atoms with Gasteiger partial charge in [-0.1, -0.05) is 6.92 Å². The zero-order valence-electron chi connectivity index (χ0n) is 12.7. The summed E-state index contributed by atoms with van der Waals surface area (Å²) >= 11 is 0. The molecule has 1 aliphatic carbocycles. The van der Waals surface area contributed by atoms with Gasteiger partial charge in [-0.3, -0.25) is 0 Å². The van der Waals surface area contributed by atoms with Crippen molar-refractivity contribution in [3.63, 3.8) is 0 Å². The van der Waals surface area contributed by atoms with E-state index >= 15 is 0 Å². The molecule has 114 valence electrons. The van der Waals surface area contributed by atoms with E-state index in [-0.39, 0.29) is 5.82 Å². The van der Waals surface area contributed by atoms with Gasteiger partial charge >= 0.3 is 0 Å². The summed E-state index contributed by atoms with van der Waals surface area (Å²) in [6, 6.07) is 5.97. The van der Waals surface area contributed by atoms with Crippen LogP contribution in [0.4, 0.5) is 15.8 Å². The van der Waals surface area contributed by atoms with Crippen LogP contribution in [0, 0.1) is 11.2 Å². The lowest BCUT2D eigenvalue weighted by atomic mass is 9.88. The molecule has 0 aromatic heterocycles. The maximum atomic E-state index is 13.7. The fourth-order valence-electron chi connectivity index (χ4n) is 3.86. The Balaban J connectivity index is 1.63. The first-order valence-corrected chi connectivity index (χ1v) is 8.17. The first-order chi connectivity index (χ1) is 10.1. The van der Waals surface area contributed by atoms with Gasteiger partial charge in [0.2, 0.25) is 0 Å². The van der Waals surface area contributed by atoms with Crippen molar-refractivity contribution in [3.05, 3.63) is 24.0 Å². The van der Waals surface area contributed by atoms with Crippen LogP contribution in [0.1, 0.15) is 26.2 Å². The van der Waals surface area contributed by atoms with Crippen molar-refractivity contribution >= 4 is 11.4 Å². The Bertz CT molecular complexity index is 535. The van der Waals surface area contributed by atoms with Crippen LogP contribution < -0.4 is 15.1 Å². The maximum Gasteiger partial charge on any atom is 0.125 e. The summed E-state index contributed by atoms with van der Waals surface area (Å²) in [6.07, 6.45) is 3.75. The second kappa shape index (κ2) is 4.87. The first kappa shape index (κ1) is 13.4. The molecule has 1 saturated carbocycles. The minimum atomic E-state index is -0.116. The molecule has 2 aliphatic heterocycles. The Labute approximate surface area is 126 Å². The molecule has 1 unspecified atom stereocenters. The SMILES string of the molecule is CC1(CN2CCN(C3CC3)c3cc(F)ccc32)CCNC1. The van der Waals surface area contributed by atoms with E-state index in [2.05, 4.69) is 22.0 Å². The monoisotopic (exact) mass is 289 g/mol. The normalized spacial score (nSPS) is 28.9. The van der Waals surface area contributed by atoms with E-state index in [0.717, 1.165) is 38.4 Å². The Morgan fingerprint density at radius 3 is 2.86 bits per heavy atom. The zero-order chi connectivity index (χ0) is 14.4. The molecule has 21 heavy (non-hydrogen) atoms. The molecule has 0 bridgehead atoms. The summed E-state index contributed by atoms with van der Waals surface area (Å²) in [7, 11) is 0. The molecule has 2 fully saturated rings. The lowest BCUT2D eigenvalue weighted by molar-refractivity contribution is 0.363.